The van der Waals surface area contributed by atoms with Gasteiger partial charge in [0.2, 0.25) is 10.5 Å². The normalized spacial score (nSPS) is 22.1. The Bertz CT molecular complexity index is 285. The van der Waals surface area contributed by atoms with E-state index in [1.807, 2.05) is 0 Å². The minimum atomic E-state index is 0.246. The number of hydrogen-bond acceptors (Lipinski definition) is 1. The van der Waals surface area contributed by atoms with Crippen molar-refractivity contribution in [2.45, 2.75) is 31.8 Å². The summed E-state index contributed by atoms with van der Waals surface area (Å²) in [6, 6.07) is 8.57. The van der Waals surface area contributed by atoms with Crippen LogP contribution in [0.2, 0.25) is 0 Å². The van der Waals surface area contributed by atoms with Gasteiger partial charge in [-0.25, -0.2) is 0 Å². The lowest BCUT2D eigenvalue weighted by Crippen LogP contribution is -2.02. The zero-order valence-corrected chi connectivity index (χ0v) is 8.62. The summed E-state index contributed by atoms with van der Waals surface area (Å²) in [5.74, 6) is 0. The maximum Gasteiger partial charge on any atom is 0.247 e. The van der Waals surface area contributed by atoms with E-state index in [9.17, 15) is 0 Å². The van der Waals surface area contributed by atoms with E-state index >= 15 is 0 Å². The molecule has 0 N–H and O–H groups in total. The van der Waals surface area contributed by atoms with Crippen LogP contribution < -0.4 is 0 Å². The van der Waals surface area contributed by atoms with Gasteiger partial charge in [0.25, 0.3) is 0 Å². The summed E-state index contributed by atoms with van der Waals surface area (Å²) >= 11 is 0. The third-order valence-electron chi connectivity index (χ3n) is 2.71. The molecule has 0 spiro atoms. The fourth-order valence-corrected chi connectivity index (χ4v) is 2.24. The van der Waals surface area contributed by atoms with Gasteiger partial charge < -0.3 is 4.43 Å². The second kappa shape index (κ2) is 4.07. The summed E-state index contributed by atoms with van der Waals surface area (Å²) in [5, 5.41) is 0. The monoisotopic (exact) mass is 189 g/mol. The highest BCUT2D eigenvalue weighted by Gasteiger charge is 2.16. The van der Waals surface area contributed by atoms with Crippen LogP contribution in [0, 0.1) is 0 Å². The third kappa shape index (κ3) is 1.84. The smallest absolute Gasteiger partial charge is 0.247 e. The summed E-state index contributed by atoms with van der Waals surface area (Å²) in [7, 11) is 3.16. The molecule has 0 heterocycles. The summed E-state index contributed by atoms with van der Waals surface area (Å²) in [5.41, 5.74) is 2.80. The van der Waals surface area contributed by atoms with Crippen LogP contribution in [0.5, 0.6) is 0 Å². The van der Waals surface area contributed by atoms with Gasteiger partial charge in [-0.15, -0.1) is 0 Å². The maximum atomic E-state index is 5.30. The fraction of sp³-hybridized carbons (Fsp3) is 0.455. The predicted octanol–water partition coefficient (Wildman–Crippen LogP) is 2.55. The van der Waals surface area contributed by atoms with E-state index in [2.05, 4.69) is 34.8 Å². The van der Waals surface area contributed by atoms with Crippen LogP contribution in [0.25, 0.3) is 0 Å². The standard InChI is InChI=1S/C11H13OSi/c13-12-11-8-4-2-6-9-5-1-3-7-10(9)11/h1,3,5,7,11H,2,4,6,8H2. The van der Waals surface area contributed by atoms with Crippen LogP contribution in [0.4, 0.5) is 0 Å². The molecule has 3 radical (unpaired) electrons. The van der Waals surface area contributed by atoms with Gasteiger partial charge in [0, 0.05) is 0 Å². The first-order valence-electron chi connectivity index (χ1n) is 4.82. The van der Waals surface area contributed by atoms with Crippen LogP contribution in [0.3, 0.4) is 0 Å². The van der Waals surface area contributed by atoms with Crippen molar-refractivity contribution < 1.29 is 4.43 Å². The minimum Gasteiger partial charge on any atom is -0.412 e. The molecule has 0 amide bonds. The van der Waals surface area contributed by atoms with Crippen molar-refractivity contribution in [3.63, 3.8) is 0 Å². The van der Waals surface area contributed by atoms with E-state index in [-0.39, 0.29) is 6.10 Å². The Balaban J connectivity index is 2.35. The van der Waals surface area contributed by atoms with Crippen LogP contribution >= 0.6 is 0 Å². The molecule has 67 valence electrons. The molecule has 1 unspecified atom stereocenters. The third-order valence-corrected chi connectivity index (χ3v) is 2.99. The van der Waals surface area contributed by atoms with Crippen LogP contribution in [0.15, 0.2) is 24.3 Å². The molecular formula is C11H13OSi. The highest BCUT2D eigenvalue weighted by Crippen LogP contribution is 2.30. The Morgan fingerprint density at radius 2 is 2.08 bits per heavy atom. The first-order chi connectivity index (χ1) is 6.42. The van der Waals surface area contributed by atoms with Crippen molar-refractivity contribution >= 4 is 10.5 Å². The number of fused-ring (bicyclic) bond motifs is 1. The van der Waals surface area contributed by atoms with Gasteiger partial charge in [-0.05, 0) is 30.4 Å². The fourth-order valence-electron chi connectivity index (χ4n) is 2.00. The number of benzene rings is 1. The second-order valence-corrected chi connectivity index (χ2v) is 3.79. The lowest BCUT2D eigenvalue weighted by atomic mass is 10.0. The Labute approximate surface area is 82.7 Å². The average molecular weight is 189 g/mol. The zero-order valence-electron chi connectivity index (χ0n) is 7.62. The first kappa shape index (κ1) is 8.97. The molecule has 0 saturated heterocycles. The molecular weight excluding hydrogens is 176 g/mol. The van der Waals surface area contributed by atoms with E-state index in [4.69, 9.17) is 4.43 Å². The summed E-state index contributed by atoms with van der Waals surface area (Å²) in [6.07, 6.45) is 5.10. The maximum absolute atomic E-state index is 5.30. The van der Waals surface area contributed by atoms with E-state index in [0.29, 0.717) is 0 Å². The van der Waals surface area contributed by atoms with E-state index in [1.54, 1.807) is 0 Å². The van der Waals surface area contributed by atoms with Crippen molar-refractivity contribution in [2.75, 3.05) is 0 Å². The summed E-state index contributed by atoms with van der Waals surface area (Å²) in [4.78, 5) is 0. The highest BCUT2D eigenvalue weighted by molar-refractivity contribution is 5.98. The summed E-state index contributed by atoms with van der Waals surface area (Å²) in [6.45, 7) is 0. The highest BCUT2D eigenvalue weighted by atomic mass is 28.2. The molecule has 1 aliphatic carbocycles. The van der Waals surface area contributed by atoms with Crippen molar-refractivity contribution in [1.29, 1.82) is 0 Å². The molecule has 0 aliphatic heterocycles. The Morgan fingerprint density at radius 3 is 2.92 bits per heavy atom. The van der Waals surface area contributed by atoms with Crippen molar-refractivity contribution in [2.24, 2.45) is 0 Å². The molecule has 0 bridgehead atoms. The minimum absolute atomic E-state index is 0.246. The van der Waals surface area contributed by atoms with Crippen molar-refractivity contribution in [3.8, 4) is 0 Å². The molecule has 0 aromatic heterocycles. The molecule has 2 heteroatoms. The SMILES string of the molecule is [Si]OC1CCCCc2ccccc21. The Hall–Kier alpha value is -0.603. The van der Waals surface area contributed by atoms with E-state index in [0.717, 1.165) is 6.42 Å². The zero-order chi connectivity index (χ0) is 9.10. The molecule has 1 aromatic carbocycles. The Kier molecular flexibility index (Phi) is 2.81. The second-order valence-electron chi connectivity index (χ2n) is 3.55. The molecule has 1 aromatic rings. The van der Waals surface area contributed by atoms with Gasteiger partial charge in [0.15, 0.2) is 0 Å². The molecule has 2 rings (SSSR count). The average Bonchev–Trinajstić information content (AvgIpc) is 2.39. The van der Waals surface area contributed by atoms with Crippen LogP contribution in [-0.2, 0) is 10.8 Å². The molecule has 13 heavy (non-hydrogen) atoms. The van der Waals surface area contributed by atoms with Crippen LogP contribution in [-0.4, -0.2) is 10.5 Å². The largest absolute Gasteiger partial charge is 0.412 e. The van der Waals surface area contributed by atoms with Crippen molar-refractivity contribution in [3.05, 3.63) is 35.4 Å². The topological polar surface area (TPSA) is 9.23 Å². The van der Waals surface area contributed by atoms with Gasteiger partial charge in [-0.3, -0.25) is 0 Å². The number of aryl methyl sites for hydroxylation is 1. The first-order valence-corrected chi connectivity index (χ1v) is 5.23. The molecule has 1 nitrogen and oxygen atoms in total. The molecule has 1 atom stereocenters. The van der Waals surface area contributed by atoms with Gasteiger partial charge in [-0.1, -0.05) is 30.7 Å². The van der Waals surface area contributed by atoms with Crippen molar-refractivity contribution in [1.82, 2.24) is 0 Å². The quantitative estimate of drug-likeness (QED) is 0.487. The number of hydrogen-bond donors (Lipinski definition) is 0. The number of rotatable bonds is 1. The van der Waals surface area contributed by atoms with Gasteiger partial charge in [-0.2, -0.15) is 0 Å². The van der Waals surface area contributed by atoms with Crippen LogP contribution in [0.1, 0.15) is 36.5 Å². The van der Waals surface area contributed by atoms with Gasteiger partial charge in [0.1, 0.15) is 0 Å². The molecule has 0 fully saturated rings. The molecule has 1 aliphatic rings. The van der Waals surface area contributed by atoms with Gasteiger partial charge in [0.05, 0.1) is 6.10 Å². The molecule has 0 saturated carbocycles. The van der Waals surface area contributed by atoms with Gasteiger partial charge >= 0.3 is 0 Å². The lowest BCUT2D eigenvalue weighted by molar-refractivity contribution is 0.214. The lowest BCUT2D eigenvalue weighted by Gasteiger charge is -2.15. The summed E-state index contributed by atoms with van der Waals surface area (Å²) < 4.78 is 5.30. The van der Waals surface area contributed by atoms with E-state index in [1.165, 1.54) is 30.4 Å². The van der Waals surface area contributed by atoms with E-state index < -0.39 is 0 Å². The predicted molar refractivity (Wildman–Crippen MR) is 53.6 cm³/mol. The Morgan fingerprint density at radius 1 is 1.23 bits per heavy atom.